The van der Waals surface area contributed by atoms with Gasteiger partial charge in [-0.3, -0.25) is 0 Å². The smallest absolute Gasteiger partial charge is 0.0547 e. The van der Waals surface area contributed by atoms with E-state index < -0.39 is 0 Å². The summed E-state index contributed by atoms with van der Waals surface area (Å²) in [6.45, 7) is 0. The lowest BCUT2D eigenvalue weighted by Gasteiger charge is -2.26. The van der Waals surface area contributed by atoms with Crippen molar-refractivity contribution in [1.29, 1.82) is 0 Å². The molecule has 8 aromatic rings. The third-order valence-electron chi connectivity index (χ3n) is 9.84. The number of benzene rings is 7. The normalized spacial score (nSPS) is 14.3. The quantitative estimate of drug-likeness (QED) is 0.194. The Bertz CT molecular complexity index is 2590. The second-order valence-corrected chi connectivity index (χ2v) is 13.6. The van der Waals surface area contributed by atoms with Gasteiger partial charge in [0.15, 0.2) is 0 Å². The zero-order chi connectivity index (χ0) is 30.2. The van der Waals surface area contributed by atoms with Crippen LogP contribution in [0.4, 0.5) is 0 Å². The fourth-order valence-electron chi connectivity index (χ4n) is 7.66. The Balaban J connectivity index is 1.11. The maximum absolute atomic E-state index is 2.47. The summed E-state index contributed by atoms with van der Waals surface area (Å²) in [5.74, 6) is 0. The van der Waals surface area contributed by atoms with Crippen LogP contribution in [-0.2, 0) is 0 Å². The highest BCUT2D eigenvalue weighted by Crippen LogP contribution is 2.50. The van der Waals surface area contributed by atoms with Crippen molar-refractivity contribution >= 4 is 66.3 Å². The van der Waals surface area contributed by atoms with Crippen LogP contribution in [0.1, 0.15) is 24.0 Å². The van der Waals surface area contributed by atoms with Crippen LogP contribution >= 0.6 is 11.8 Å². The predicted octanol–water partition coefficient (Wildman–Crippen LogP) is 12.5. The number of fused-ring (bicyclic) bond motifs is 5. The van der Waals surface area contributed by atoms with Crippen molar-refractivity contribution in [3.8, 4) is 16.8 Å². The van der Waals surface area contributed by atoms with Gasteiger partial charge in [-0.15, -0.1) is 0 Å². The topological polar surface area (TPSA) is 4.93 Å². The van der Waals surface area contributed by atoms with Gasteiger partial charge in [0.25, 0.3) is 0 Å². The molecule has 1 aliphatic heterocycles. The zero-order valence-electron chi connectivity index (χ0n) is 25.2. The molecule has 7 aromatic carbocycles. The van der Waals surface area contributed by atoms with Gasteiger partial charge in [-0.2, -0.15) is 0 Å². The van der Waals surface area contributed by atoms with E-state index in [0.717, 1.165) is 12.8 Å². The Kier molecular flexibility index (Phi) is 5.70. The first kappa shape index (κ1) is 26.0. The molecule has 0 unspecified atom stereocenters. The van der Waals surface area contributed by atoms with Crippen molar-refractivity contribution in [3.63, 3.8) is 0 Å². The van der Waals surface area contributed by atoms with Gasteiger partial charge in [0.1, 0.15) is 0 Å². The van der Waals surface area contributed by atoms with E-state index in [0.29, 0.717) is 0 Å². The molecule has 0 N–H and O–H groups in total. The molecule has 0 bridgehead atoms. The van der Waals surface area contributed by atoms with Crippen molar-refractivity contribution in [3.05, 3.63) is 168 Å². The van der Waals surface area contributed by atoms with Crippen molar-refractivity contribution < 1.29 is 0 Å². The van der Waals surface area contributed by atoms with E-state index in [1.165, 1.54) is 92.2 Å². The van der Waals surface area contributed by atoms with Crippen molar-refractivity contribution in [2.45, 2.75) is 17.7 Å². The maximum atomic E-state index is 2.47. The molecule has 0 saturated carbocycles. The molecule has 1 aromatic heterocycles. The van der Waals surface area contributed by atoms with Gasteiger partial charge < -0.3 is 4.57 Å². The molecule has 46 heavy (non-hydrogen) atoms. The number of aromatic nitrogens is 1. The van der Waals surface area contributed by atoms with Crippen LogP contribution < -0.4 is 0 Å². The fourth-order valence-corrected chi connectivity index (χ4v) is 8.88. The molecule has 216 valence electrons. The van der Waals surface area contributed by atoms with Crippen LogP contribution in [0, 0.1) is 0 Å². The van der Waals surface area contributed by atoms with Gasteiger partial charge >= 0.3 is 0 Å². The minimum absolute atomic E-state index is 1.06. The first-order chi connectivity index (χ1) is 22.8. The van der Waals surface area contributed by atoms with Crippen molar-refractivity contribution in [1.82, 2.24) is 4.57 Å². The highest BCUT2D eigenvalue weighted by atomic mass is 32.2. The fraction of sp³-hybridized carbons (Fsp3) is 0.0455. The third kappa shape index (κ3) is 3.97. The summed E-state index contributed by atoms with van der Waals surface area (Å²) >= 11 is 1.97. The molecule has 1 aliphatic carbocycles. The standard InChI is InChI=1S/C44H29NS/c1-2-15-35(16-3-1)45-40-21-19-33(25-37(40)38-24-31-9-4-5-10-32(31)27-41(38)45)29-13-6-14-30(23-29)34-20-22-42-39(26-34)36-17-7-11-28-12-8-18-43(46-42)44(28)36/h1-19,21,23-27H,20,22H2. The van der Waals surface area contributed by atoms with Crippen LogP contribution in [-0.4, -0.2) is 4.57 Å². The zero-order valence-corrected chi connectivity index (χ0v) is 26.0. The molecule has 0 radical (unpaired) electrons. The number of nitrogens with zero attached hydrogens (tertiary/aromatic N) is 1. The lowest BCUT2D eigenvalue weighted by molar-refractivity contribution is 1.04. The molecule has 0 amide bonds. The van der Waals surface area contributed by atoms with Crippen LogP contribution in [0.25, 0.3) is 71.3 Å². The summed E-state index contributed by atoms with van der Waals surface area (Å²) in [5, 5.41) is 7.83. The molecule has 2 aliphatic rings. The Morgan fingerprint density at radius 1 is 0.500 bits per heavy atom. The summed E-state index contributed by atoms with van der Waals surface area (Å²) in [5.41, 5.74) is 11.7. The summed E-state index contributed by atoms with van der Waals surface area (Å²) in [6, 6.07) is 53.8. The Morgan fingerprint density at radius 3 is 2.11 bits per heavy atom. The molecule has 2 heteroatoms. The van der Waals surface area contributed by atoms with Gasteiger partial charge in [-0.05, 0) is 122 Å². The summed E-state index contributed by atoms with van der Waals surface area (Å²) in [6.07, 6.45) is 4.61. The highest BCUT2D eigenvalue weighted by molar-refractivity contribution is 8.03. The third-order valence-corrected chi connectivity index (χ3v) is 11.1. The molecule has 1 nitrogen and oxygen atoms in total. The molecule has 0 saturated heterocycles. The number of hydrogen-bond acceptors (Lipinski definition) is 1. The number of hydrogen-bond donors (Lipinski definition) is 0. The number of thioether (sulfide) groups is 1. The van der Waals surface area contributed by atoms with Crippen LogP contribution in [0.5, 0.6) is 0 Å². The van der Waals surface area contributed by atoms with E-state index in [9.17, 15) is 0 Å². The Morgan fingerprint density at radius 2 is 1.22 bits per heavy atom. The van der Waals surface area contributed by atoms with Crippen LogP contribution in [0.15, 0.2) is 161 Å². The Hall–Kier alpha value is -5.31. The average Bonchev–Trinajstić information content (AvgIpc) is 3.43. The lowest BCUT2D eigenvalue weighted by atomic mass is 9.87. The highest BCUT2D eigenvalue weighted by Gasteiger charge is 2.24. The van der Waals surface area contributed by atoms with Gasteiger partial charge in [0.05, 0.1) is 11.0 Å². The van der Waals surface area contributed by atoms with Crippen molar-refractivity contribution in [2.24, 2.45) is 0 Å². The Labute approximate surface area is 272 Å². The van der Waals surface area contributed by atoms with E-state index in [1.54, 1.807) is 0 Å². The molecule has 0 atom stereocenters. The average molecular weight is 604 g/mol. The first-order valence-electron chi connectivity index (χ1n) is 16.1. The second kappa shape index (κ2) is 10.1. The first-order valence-corrected chi connectivity index (χ1v) is 16.9. The molecule has 2 heterocycles. The van der Waals surface area contributed by atoms with E-state index in [4.69, 9.17) is 0 Å². The number of allylic oxidation sites excluding steroid dienone is 4. The van der Waals surface area contributed by atoms with Crippen molar-refractivity contribution in [2.75, 3.05) is 0 Å². The van der Waals surface area contributed by atoms with Gasteiger partial charge in [0, 0.05) is 26.7 Å². The van der Waals surface area contributed by atoms with E-state index in [-0.39, 0.29) is 0 Å². The molecular weight excluding hydrogens is 575 g/mol. The molecule has 0 fully saturated rings. The van der Waals surface area contributed by atoms with Gasteiger partial charge in [-0.25, -0.2) is 0 Å². The second-order valence-electron chi connectivity index (χ2n) is 12.5. The van der Waals surface area contributed by atoms with E-state index >= 15 is 0 Å². The summed E-state index contributed by atoms with van der Waals surface area (Å²) in [7, 11) is 0. The largest absolute Gasteiger partial charge is 0.309 e. The summed E-state index contributed by atoms with van der Waals surface area (Å²) in [4.78, 5) is 2.89. The monoisotopic (exact) mass is 603 g/mol. The van der Waals surface area contributed by atoms with Crippen LogP contribution in [0.2, 0.25) is 0 Å². The van der Waals surface area contributed by atoms with E-state index in [2.05, 4.69) is 156 Å². The minimum Gasteiger partial charge on any atom is -0.309 e. The van der Waals surface area contributed by atoms with Gasteiger partial charge in [-0.1, -0.05) is 109 Å². The number of rotatable bonds is 3. The maximum Gasteiger partial charge on any atom is 0.0547 e. The van der Waals surface area contributed by atoms with Gasteiger partial charge in [0.2, 0.25) is 0 Å². The van der Waals surface area contributed by atoms with E-state index in [1.807, 2.05) is 11.8 Å². The summed E-state index contributed by atoms with van der Waals surface area (Å²) < 4.78 is 2.41. The molecule has 0 spiro atoms. The molecular formula is C44H29NS. The van der Waals surface area contributed by atoms with Crippen LogP contribution in [0.3, 0.4) is 0 Å². The minimum atomic E-state index is 1.06. The number of para-hydroxylation sites is 1. The lowest BCUT2D eigenvalue weighted by Crippen LogP contribution is -2.02. The molecule has 10 rings (SSSR count). The SMILES string of the molecule is C1=C(c2cccc(-c3ccc4c(c3)c3cc5ccccc5cc3n4-c3ccccc3)c2)CCC2=C1c1cccc3cccc(c13)S2. The predicted molar refractivity (Wildman–Crippen MR) is 198 cm³/mol.